The number of nitrogens with one attached hydrogen (secondary N) is 1. The van der Waals surface area contributed by atoms with Crippen LogP contribution in [0.25, 0.3) is 0 Å². The van der Waals surface area contributed by atoms with Crippen molar-refractivity contribution in [2.75, 3.05) is 6.79 Å². The van der Waals surface area contributed by atoms with E-state index in [1.165, 1.54) is 0 Å². The number of fused-ring (bicyclic) bond motifs is 3. The van der Waals surface area contributed by atoms with E-state index in [1.807, 2.05) is 43.3 Å². The Morgan fingerprint density at radius 2 is 1.66 bits per heavy atom. The lowest BCUT2D eigenvalue weighted by Gasteiger charge is -2.48. The van der Waals surface area contributed by atoms with E-state index in [2.05, 4.69) is 6.07 Å². The number of hydrogen-bond donors (Lipinski definition) is 1. The summed E-state index contributed by atoms with van der Waals surface area (Å²) in [4.78, 5) is 0. The Morgan fingerprint density at radius 3 is 2.31 bits per heavy atom. The Balaban J connectivity index is 1.78. The standard InChI is InChI=1S/C24H18N4O4/c1-14-3-6-17(7-4-14)24-15(2)23(12-27,21(28)32-24)22(10-25,11-26)20(31-24)16-5-8-18-19(9-16)30-13-29-18/h3-9,15,20,28H,13H2,1-2H3. The molecule has 2 saturated heterocycles. The highest BCUT2D eigenvalue weighted by Gasteiger charge is 2.79. The largest absolute Gasteiger partial charge is 0.454 e. The highest BCUT2D eigenvalue weighted by Crippen LogP contribution is 2.69. The Hall–Kier alpha value is -4.06. The minimum Gasteiger partial charge on any atom is -0.454 e. The molecule has 0 aromatic heterocycles. The summed E-state index contributed by atoms with van der Waals surface area (Å²) in [6.45, 7) is 3.69. The lowest BCUT2D eigenvalue weighted by molar-refractivity contribution is -0.288. The summed E-state index contributed by atoms with van der Waals surface area (Å²) in [5, 5.41) is 39.6. The average molecular weight is 426 g/mol. The Morgan fingerprint density at radius 1 is 0.969 bits per heavy atom. The summed E-state index contributed by atoms with van der Waals surface area (Å²) in [6.07, 6.45) is -1.19. The number of aryl methyl sites for hydroxylation is 1. The lowest BCUT2D eigenvalue weighted by atomic mass is 9.53. The van der Waals surface area contributed by atoms with Crippen LogP contribution in [-0.2, 0) is 15.3 Å². The summed E-state index contributed by atoms with van der Waals surface area (Å²) in [6, 6.07) is 18.6. The molecule has 2 fully saturated rings. The Kier molecular flexibility index (Phi) is 4.02. The number of nitriles is 3. The van der Waals surface area contributed by atoms with Crippen molar-refractivity contribution >= 4 is 5.90 Å². The van der Waals surface area contributed by atoms with Crippen LogP contribution in [0.3, 0.4) is 0 Å². The molecule has 1 N–H and O–H groups in total. The van der Waals surface area contributed by atoms with Crippen LogP contribution in [0.2, 0.25) is 0 Å². The number of ether oxygens (including phenoxy) is 4. The molecule has 4 atom stereocenters. The molecule has 0 aliphatic carbocycles. The third-order valence-electron chi connectivity index (χ3n) is 6.82. The van der Waals surface area contributed by atoms with Crippen molar-refractivity contribution in [1.82, 2.24) is 0 Å². The molecule has 3 aliphatic rings. The predicted molar refractivity (Wildman–Crippen MR) is 109 cm³/mol. The summed E-state index contributed by atoms with van der Waals surface area (Å²) in [7, 11) is 0. The molecule has 0 spiro atoms. The second kappa shape index (κ2) is 6.47. The van der Waals surface area contributed by atoms with Gasteiger partial charge in [-0.25, -0.2) is 0 Å². The maximum absolute atomic E-state index is 10.4. The van der Waals surface area contributed by atoms with E-state index < -0.39 is 34.5 Å². The highest BCUT2D eigenvalue weighted by atomic mass is 16.7. The quantitative estimate of drug-likeness (QED) is 0.771. The van der Waals surface area contributed by atoms with Crippen molar-refractivity contribution in [3.8, 4) is 29.7 Å². The van der Waals surface area contributed by atoms with Crippen LogP contribution in [-0.4, -0.2) is 12.7 Å². The molecule has 4 unspecified atom stereocenters. The maximum atomic E-state index is 10.4. The maximum Gasteiger partial charge on any atom is 0.244 e. The molecule has 3 aliphatic heterocycles. The number of nitrogens with zero attached hydrogens (tertiary/aromatic N) is 3. The van der Waals surface area contributed by atoms with E-state index in [0.29, 0.717) is 22.6 Å². The van der Waals surface area contributed by atoms with E-state index in [4.69, 9.17) is 24.4 Å². The first-order valence-corrected chi connectivity index (χ1v) is 10.0. The topological polar surface area (TPSA) is 132 Å². The molecule has 0 saturated carbocycles. The van der Waals surface area contributed by atoms with Crippen molar-refractivity contribution in [1.29, 1.82) is 21.2 Å². The number of hydrogen-bond acceptors (Lipinski definition) is 8. The molecule has 2 aromatic carbocycles. The van der Waals surface area contributed by atoms with Crippen molar-refractivity contribution in [2.45, 2.75) is 25.7 Å². The third kappa shape index (κ3) is 2.13. The van der Waals surface area contributed by atoms with Crippen molar-refractivity contribution < 1.29 is 18.9 Å². The van der Waals surface area contributed by atoms with Crippen LogP contribution >= 0.6 is 0 Å². The van der Waals surface area contributed by atoms with Gasteiger partial charge in [-0.05, 0) is 24.6 Å². The van der Waals surface area contributed by atoms with Crippen molar-refractivity contribution in [3.05, 3.63) is 59.2 Å². The first-order chi connectivity index (χ1) is 15.4. The van der Waals surface area contributed by atoms with E-state index in [9.17, 15) is 15.8 Å². The van der Waals surface area contributed by atoms with Crippen LogP contribution in [0, 0.1) is 63.1 Å². The van der Waals surface area contributed by atoms with Gasteiger partial charge in [-0.3, -0.25) is 5.41 Å². The van der Waals surface area contributed by atoms with E-state index >= 15 is 0 Å². The Bertz CT molecular complexity index is 1250. The van der Waals surface area contributed by atoms with E-state index in [0.717, 1.165) is 5.56 Å². The van der Waals surface area contributed by atoms with Gasteiger partial charge in [0.1, 0.15) is 6.10 Å². The van der Waals surface area contributed by atoms with Gasteiger partial charge in [-0.2, -0.15) is 15.8 Å². The molecule has 2 bridgehead atoms. The fraction of sp³-hybridized carbons (Fsp3) is 0.333. The molecule has 32 heavy (non-hydrogen) atoms. The van der Waals surface area contributed by atoms with Gasteiger partial charge in [-0.1, -0.05) is 42.8 Å². The molecule has 8 nitrogen and oxygen atoms in total. The normalized spacial score (nSPS) is 31.2. The summed E-state index contributed by atoms with van der Waals surface area (Å²) >= 11 is 0. The average Bonchev–Trinajstić information content (AvgIpc) is 3.33. The fourth-order valence-electron chi connectivity index (χ4n) is 5.03. The van der Waals surface area contributed by atoms with Gasteiger partial charge in [0.15, 0.2) is 16.9 Å². The second-order valence-electron chi connectivity index (χ2n) is 8.25. The SMILES string of the molecule is Cc1ccc(C23OC(=N)C(C#N)(C2C)C(C#N)(C#N)C(c2ccc4c(c2)OCO4)O3)cc1. The van der Waals surface area contributed by atoms with Crippen molar-refractivity contribution in [3.63, 3.8) is 0 Å². The van der Waals surface area contributed by atoms with Crippen LogP contribution in [0.5, 0.6) is 11.5 Å². The zero-order valence-electron chi connectivity index (χ0n) is 17.4. The van der Waals surface area contributed by atoms with Gasteiger partial charge >= 0.3 is 0 Å². The van der Waals surface area contributed by atoms with Gasteiger partial charge in [0.05, 0.1) is 24.1 Å². The monoisotopic (exact) mass is 426 g/mol. The lowest BCUT2D eigenvalue weighted by Crippen LogP contribution is -2.57. The zero-order chi connectivity index (χ0) is 22.7. The molecule has 0 radical (unpaired) electrons. The van der Waals surface area contributed by atoms with E-state index in [1.54, 1.807) is 25.1 Å². The predicted octanol–water partition coefficient (Wildman–Crippen LogP) is 3.84. The van der Waals surface area contributed by atoms with Crippen molar-refractivity contribution in [2.24, 2.45) is 16.7 Å². The molecular formula is C24H18N4O4. The number of benzene rings is 2. The first kappa shape index (κ1) is 19.9. The van der Waals surface area contributed by atoms with Crippen LogP contribution < -0.4 is 9.47 Å². The Labute approximate surface area is 184 Å². The molecule has 0 amide bonds. The minimum atomic E-state index is -2.03. The van der Waals surface area contributed by atoms with E-state index in [-0.39, 0.29) is 6.79 Å². The van der Waals surface area contributed by atoms with Gasteiger partial charge in [0, 0.05) is 5.56 Å². The smallest absolute Gasteiger partial charge is 0.244 e. The molecule has 158 valence electrons. The number of rotatable bonds is 2. The summed E-state index contributed by atoms with van der Waals surface area (Å²) in [5.41, 5.74) is -1.80. The van der Waals surface area contributed by atoms with Crippen LogP contribution in [0.4, 0.5) is 0 Å². The molecule has 2 aromatic rings. The second-order valence-corrected chi connectivity index (χ2v) is 8.25. The third-order valence-corrected chi connectivity index (χ3v) is 6.82. The van der Waals surface area contributed by atoms with Gasteiger partial charge in [0.2, 0.25) is 23.9 Å². The minimum absolute atomic E-state index is 0.0617. The summed E-state index contributed by atoms with van der Waals surface area (Å²) < 4.78 is 23.3. The fourth-order valence-corrected chi connectivity index (χ4v) is 5.03. The molecule has 5 rings (SSSR count). The summed E-state index contributed by atoms with van der Waals surface area (Å²) in [5.74, 6) is -1.78. The molecule has 3 heterocycles. The van der Waals surface area contributed by atoms with Gasteiger partial charge in [-0.15, -0.1) is 0 Å². The highest BCUT2D eigenvalue weighted by molar-refractivity contribution is 5.89. The molecular weight excluding hydrogens is 408 g/mol. The van der Waals surface area contributed by atoms with Gasteiger partial charge in [0.25, 0.3) is 0 Å². The molecule has 8 heteroatoms. The van der Waals surface area contributed by atoms with Gasteiger partial charge < -0.3 is 18.9 Å². The van der Waals surface area contributed by atoms with Crippen LogP contribution in [0.15, 0.2) is 42.5 Å². The first-order valence-electron chi connectivity index (χ1n) is 10.0. The van der Waals surface area contributed by atoms with Crippen LogP contribution in [0.1, 0.15) is 29.7 Å². The zero-order valence-corrected chi connectivity index (χ0v) is 17.4.